The van der Waals surface area contributed by atoms with Gasteiger partial charge in [0.2, 0.25) is 0 Å². The number of nitrogens with one attached hydrogen (secondary N) is 2. The third-order valence-electron chi connectivity index (χ3n) is 3.47. The Balaban J connectivity index is 3.04. The van der Waals surface area contributed by atoms with Crippen molar-refractivity contribution in [3.63, 3.8) is 0 Å². The lowest BCUT2D eigenvalue weighted by Gasteiger charge is -2.24. The highest BCUT2D eigenvalue weighted by molar-refractivity contribution is 5.72. The number of esters is 1. The smallest absolute Gasteiger partial charge is 0.309 e. The molecule has 0 aromatic heterocycles. The highest BCUT2D eigenvalue weighted by Gasteiger charge is 2.19. The van der Waals surface area contributed by atoms with Crippen molar-refractivity contribution in [3.8, 4) is 0 Å². The van der Waals surface area contributed by atoms with Gasteiger partial charge in [-0.2, -0.15) is 0 Å². The molecule has 156 valence electrons. The maximum atomic E-state index is 12.1. The summed E-state index contributed by atoms with van der Waals surface area (Å²) in [7, 11) is 0. The van der Waals surface area contributed by atoms with E-state index in [1.807, 2.05) is 0 Å². The van der Waals surface area contributed by atoms with E-state index in [0.29, 0.717) is 0 Å². The molecule has 0 aliphatic rings. The fraction of sp³-hybridized carbons (Fsp3) is 0.438. The molecule has 0 saturated heterocycles. The lowest BCUT2D eigenvalue weighted by Crippen LogP contribution is -2.30. The van der Waals surface area contributed by atoms with Gasteiger partial charge in [0, 0.05) is 12.5 Å². The largest absolute Gasteiger partial charge is 0.733 e. The number of carbonyl (C=O) groups is 1. The Labute approximate surface area is 161 Å². The van der Waals surface area contributed by atoms with Crippen LogP contribution in [0.2, 0.25) is 0 Å². The van der Waals surface area contributed by atoms with Crippen LogP contribution in [0.4, 0.5) is 17.1 Å². The first kappa shape index (κ1) is 22.8. The van der Waals surface area contributed by atoms with Crippen LogP contribution in [0.25, 0.3) is 0 Å². The minimum absolute atomic E-state index is 0.0478. The maximum Gasteiger partial charge on any atom is 0.309 e. The third kappa shape index (κ3) is 6.48. The number of hydrogen-bond acceptors (Lipinski definition) is 11. The number of hydrogen-bond donors (Lipinski definition) is 3. The van der Waals surface area contributed by atoms with Crippen molar-refractivity contribution in [1.82, 2.24) is 5.43 Å². The molecule has 0 bridgehead atoms. The van der Waals surface area contributed by atoms with Gasteiger partial charge in [-0.25, -0.2) is 0 Å². The van der Waals surface area contributed by atoms with Crippen molar-refractivity contribution in [3.05, 3.63) is 45.2 Å². The molecular formula is C16H22N4O8-2. The lowest BCUT2D eigenvalue weighted by atomic mass is 10.1. The topological polar surface area (TPSA) is 172 Å². The number of nitro groups is 1. The first-order valence-electron chi connectivity index (χ1n) is 8.37. The first-order chi connectivity index (χ1) is 13.2. The van der Waals surface area contributed by atoms with E-state index in [9.17, 15) is 25.2 Å². The number of rotatable bonds is 11. The number of nitrogens with zero attached hydrogens (tertiary/aromatic N) is 2. The second-order valence-corrected chi connectivity index (χ2v) is 5.54. The zero-order valence-electron chi connectivity index (χ0n) is 15.6. The number of anilines is 2. The summed E-state index contributed by atoms with van der Waals surface area (Å²) < 4.78 is 9.81. The molecule has 0 unspecified atom stereocenters. The van der Waals surface area contributed by atoms with E-state index in [4.69, 9.17) is 14.7 Å². The van der Waals surface area contributed by atoms with Crippen molar-refractivity contribution in [2.75, 3.05) is 23.9 Å². The van der Waals surface area contributed by atoms with Gasteiger partial charge >= 0.3 is 5.97 Å². The average molecular weight is 398 g/mol. The molecule has 0 amide bonds. The molecule has 1 atom stereocenters. The van der Waals surface area contributed by atoms with Gasteiger partial charge in [0.15, 0.2) is 0 Å². The number of nitro benzene ring substituents is 1. The number of ether oxygens (including phenoxy) is 2. The number of allylic oxidation sites excluding steroid dienone is 1. The van der Waals surface area contributed by atoms with Gasteiger partial charge < -0.3 is 30.4 Å². The van der Waals surface area contributed by atoms with Gasteiger partial charge in [-0.05, 0) is 25.7 Å². The highest BCUT2D eigenvalue weighted by Crippen LogP contribution is 2.29. The van der Waals surface area contributed by atoms with Crippen LogP contribution in [0.3, 0.4) is 0 Å². The van der Waals surface area contributed by atoms with E-state index in [-0.39, 0.29) is 36.7 Å². The van der Waals surface area contributed by atoms with E-state index in [1.165, 1.54) is 6.07 Å². The lowest BCUT2D eigenvalue weighted by molar-refractivity contribution is -0.384. The second kappa shape index (κ2) is 10.8. The molecule has 0 spiro atoms. The summed E-state index contributed by atoms with van der Waals surface area (Å²) in [4.78, 5) is 22.2. The molecule has 0 radical (unpaired) electrons. The van der Waals surface area contributed by atoms with Crippen LogP contribution in [0.15, 0.2) is 29.8 Å². The molecule has 0 aliphatic heterocycles. The predicted octanol–water partition coefficient (Wildman–Crippen LogP) is 1.36. The summed E-state index contributed by atoms with van der Waals surface area (Å²) >= 11 is 0. The summed E-state index contributed by atoms with van der Waals surface area (Å²) in [5.41, 5.74) is 4.01. The SMILES string of the molecule is CCOC(=O)[C@H](C)CC(NNc1ccc(N([O-])O)cc1[N+](=O)[O-])=C([O-])OCC. The van der Waals surface area contributed by atoms with Crippen LogP contribution in [0.1, 0.15) is 27.2 Å². The molecule has 1 aromatic carbocycles. The van der Waals surface area contributed by atoms with Gasteiger partial charge in [-0.15, -0.1) is 0 Å². The van der Waals surface area contributed by atoms with Crippen LogP contribution < -0.4 is 21.2 Å². The summed E-state index contributed by atoms with van der Waals surface area (Å²) in [6, 6.07) is 3.15. The van der Waals surface area contributed by atoms with Crippen LogP contribution in [-0.2, 0) is 14.3 Å². The maximum absolute atomic E-state index is 12.1. The van der Waals surface area contributed by atoms with E-state index in [0.717, 1.165) is 12.1 Å². The Bertz CT molecular complexity index is 723. The van der Waals surface area contributed by atoms with E-state index in [2.05, 4.69) is 10.9 Å². The summed E-state index contributed by atoms with van der Waals surface area (Å²) in [5.74, 6) is -1.93. The third-order valence-corrected chi connectivity index (χ3v) is 3.47. The summed E-state index contributed by atoms with van der Waals surface area (Å²) in [5, 5.41) is 42.6. The predicted molar refractivity (Wildman–Crippen MR) is 96.6 cm³/mol. The standard InChI is InChI=1S/C16H23N4O8/c1-4-27-15(21)10(3)8-13(16(22)28-5-2)18-17-12-7-6-11(19(23)24)9-14(12)20(25)26/h6-7,9-10,17-18,22-23H,4-5,8H2,1-3H3/q-1/p-1/t10-/m1/s1. The van der Waals surface area contributed by atoms with Crippen molar-refractivity contribution in [1.29, 1.82) is 0 Å². The zero-order chi connectivity index (χ0) is 21.3. The van der Waals surface area contributed by atoms with E-state index in [1.54, 1.807) is 20.8 Å². The Kier molecular flexibility index (Phi) is 8.78. The molecule has 0 saturated carbocycles. The number of carbonyl (C=O) groups excluding carboxylic acids is 1. The molecule has 1 rings (SSSR count). The van der Waals surface area contributed by atoms with Crippen LogP contribution in [0, 0.1) is 21.2 Å². The molecule has 0 fully saturated rings. The van der Waals surface area contributed by atoms with Crippen molar-refractivity contribution in [2.45, 2.75) is 27.2 Å². The molecule has 3 N–H and O–H groups in total. The summed E-state index contributed by atoms with van der Waals surface area (Å²) in [6.07, 6.45) is -0.0679. The van der Waals surface area contributed by atoms with Crippen LogP contribution in [-0.4, -0.2) is 29.3 Å². The summed E-state index contributed by atoms with van der Waals surface area (Å²) in [6.45, 7) is 5.08. The fourth-order valence-corrected chi connectivity index (χ4v) is 2.12. The van der Waals surface area contributed by atoms with Crippen LogP contribution in [0.5, 0.6) is 0 Å². The van der Waals surface area contributed by atoms with Crippen molar-refractivity contribution in [2.24, 2.45) is 5.92 Å². The molecule has 28 heavy (non-hydrogen) atoms. The molecule has 0 heterocycles. The minimum atomic E-state index is -0.776. The average Bonchev–Trinajstić information content (AvgIpc) is 2.64. The molecule has 12 nitrogen and oxygen atoms in total. The van der Waals surface area contributed by atoms with Gasteiger partial charge in [0.1, 0.15) is 5.69 Å². The van der Waals surface area contributed by atoms with Crippen LogP contribution >= 0.6 is 0 Å². The molecular weight excluding hydrogens is 376 g/mol. The highest BCUT2D eigenvalue weighted by atomic mass is 16.8. The van der Waals surface area contributed by atoms with Gasteiger partial charge in [0.05, 0.1) is 34.8 Å². The van der Waals surface area contributed by atoms with E-state index < -0.39 is 33.7 Å². The number of hydrazine groups is 1. The second-order valence-electron chi connectivity index (χ2n) is 5.54. The van der Waals surface area contributed by atoms with Gasteiger partial charge in [-0.3, -0.25) is 25.5 Å². The molecule has 1 aromatic rings. The van der Waals surface area contributed by atoms with Gasteiger partial charge in [0.25, 0.3) is 5.69 Å². The van der Waals surface area contributed by atoms with Crippen molar-refractivity contribution >= 4 is 23.0 Å². The Morgan fingerprint density at radius 3 is 2.50 bits per heavy atom. The Morgan fingerprint density at radius 1 is 1.32 bits per heavy atom. The van der Waals surface area contributed by atoms with E-state index >= 15 is 0 Å². The molecule has 0 aliphatic carbocycles. The fourth-order valence-electron chi connectivity index (χ4n) is 2.12. The number of benzene rings is 1. The molecule has 12 heteroatoms. The minimum Gasteiger partial charge on any atom is -0.733 e. The monoisotopic (exact) mass is 398 g/mol. The van der Waals surface area contributed by atoms with Crippen molar-refractivity contribution < 1.29 is 29.5 Å². The first-order valence-corrected chi connectivity index (χ1v) is 8.37. The zero-order valence-corrected chi connectivity index (χ0v) is 15.6. The Hall–Kier alpha value is -3.25. The Morgan fingerprint density at radius 2 is 1.96 bits per heavy atom. The van der Waals surface area contributed by atoms with Gasteiger partial charge in [-0.1, -0.05) is 13.8 Å². The quantitative estimate of drug-likeness (QED) is 0.212. The normalized spacial score (nSPS) is 12.5.